The maximum Gasteiger partial charge on any atom is 0.0627 e. The van der Waals surface area contributed by atoms with Gasteiger partial charge in [0.25, 0.3) is 0 Å². The van der Waals surface area contributed by atoms with Gasteiger partial charge in [0.2, 0.25) is 0 Å². The van der Waals surface area contributed by atoms with E-state index < -0.39 is 0 Å². The van der Waals surface area contributed by atoms with Crippen molar-refractivity contribution in [3.63, 3.8) is 0 Å². The average molecular weight is 185 g/mol. The molecule has 0 aromatic heterocycles. The van der Waals surface area contributed by atoms with E-state index in [1.54, 1.807) is 0 Å². The largest absolute Gasteiger partial charge is 0.411 e. The topological polar surface area (TPSA) is 52.8 Å². The number of rotatable bonds is 3. The predicted molar refractivity (Wildman–Crippen MR) is 52.1 cm³/mol. The fraction of sp³-hybridized carbons (Fsp3) is 0.900. The molecule has 0 bridgehead atoms. The van der Waals surface area contributed by atoms with E-state index in [1.165, 1.54) is 0 Å². The minimum atomic E-state index is -0.286. The quantitative estimate of drug-likeness (QED) is 0.523. The van der Waals surface area contributed by atoms with Crippen LogP contribution < -0.4 is 0 Å². The Bertz CT molecular complexity index is 180. The zero-order valence-electron chi connectivity index (χ0n) is 8.24. The van der Waals surface area contributed by atoms with Crippen LogP contribution in [-0.2, 0) is 0 Å². The lowest BCUT2D eigenvalue weighted by molar-refractivity contribution is 0.109. The molecule has 76 valence electrons. The molecule has 0 unspecified atom stereocenters. The summed E-state index contributed by atoms with van der Waals surface area (Å²) in [6.07, 6.45) is 5.55. The van der Waals surface area contributed by atoms with Crippen LogP contribution in [0.1, 0.15) is 45.4 Å². The van der Waals surface area contributed by atoms with E-state index in [0.29, 0.717) is 0 Å². The van der Waals surface area contributed by atoms with Gasteiger partial charge in [-0.15, -0.1) is 0 Å². The number of oxime groups is 1. The monoisotopic (exact) mass is 185 g/mol. The normalized spacial score (nSPS) is 32.3. The molecule has 3 heteroatoms. The molecular formula is C10H19NO2. The highest BCUT2D eigenvalue weighted by molar-refractivity contribution is 5.87. The molecule has 0 spiro atoms. The first kappa shape index (κ1) is 10.5. The van der Waals surface area contributed by atoms with E-state index in [1.807, 2.05) is 0 Å². The standard InChI is InChI=1S/C10H19NO2/c1-2-3-5-8-9(11-13)6-4-7-10(8)12/h8,10,12-13H,2-7H2,1H3/b11-9-/t8-,10+/m0/s1. The van der Waals surface area contributed by atoms with E-state index in [2.05, 4.69) is 12.1 Å². The average Bonchev–Trinajstić information content (AvgIpc) is 2.15. The predicted octanol–water partition coefficient (Wildman–Crippen LogP) is 2.17. The van der Waals surface area contributed by atoms with Crippen LogP contribution in [0.3, 0.4) is 0 Å². The molecule has 1 saturated carbocycles. The third-order valence-electron chi connectivity index (χ3n) is 2.82. The van der Waals surface area contributed by atoms with Crippen LogP contribution in [0.5, 0.6) is 0 Å². The van der Waals surface area contributed by atoms with E-state index in [0.717, 1.165) is 44.2 Å². The summed E-state index contributed by atoms with van der Waals surface area (Å²) >= 11 is 0. The number of hydrogen-bond acceptors (Lipinski definition) is 3. The smallest absolute Gasteiger partial charge is 0.0627 e. The van der Waals surface area contributed by atoms with Crippen molar-refractivity contribution in [3.05, 3.63) is 0 Å². The summed E-state index contributed by atoms with van der Waals surface area (Å²) in [6.45, 7) is 2.13. The first-order chi connectivity index (χ1) is 6.29. The Morgan fingerprint density at radius 3 is 2.92 bits per heavy atom. The zero-order chi connectivity index (χ0) is 9.68. The Kier molecular flexibility index (Phi) is 4.22. The summed E-state index contributed by atoms with van der Waals surface area (Å²) in [5, 5.41) is 21.7. The van der Waals surface area contributed by atoms with Crippen molar-refractivity contribution in [1.29, 1.82) is 0 Å². The molecule has 0 aromatic carbocycles. The van der Waals surface area contributed by atoms with E-state index in [4.69, 9.17) is 5.21 Å². The molecule has 1 aliphatic rings. The molecule has 0 heterocycles. The lowest BCUT2D eigenvalue weighted by atomic mass is 9.81. The molecule has 1 aliphatic carbocycles. The first-order valence-corrected chi connectivity index (χ1v) is 5.18. The molecule has 1 fully saturated rings. The molecule has 0 radical (unpaired) electrons. The molecule has 0 saturated heterocycles. The lowest BCUT2D eigenvalue weighted by Crippen LogP contribution is -2.32. The Labute approximate surface area is 79.5 Å². The molecule has 1 rings (SSSR count). The molecule has 2 N–H and O–H groups in total. The Balaban J connectivity index is 2.52. The molecular weight excluding hydrogens is 166 g/mol. The SMILES string of the molecule is CCCC[C@H]1/C(=N\O)CCC[C@H]1O. The number of unbranched alkanes of at least 4 members (excludes halogenated alkanes) is 1. The van der Waals surface area contributed by atoms with Gasteiger partial charge in [0.15, 0.2) is 0 Å². The summed E-state index contributed by atoms with van der Waals surface area (Å²) in [6, 6.07) is 0. The number of aliphatic hydroxyl groups excluding tert-OH is 1. The van der Waals surface area contributed by atoms with Crippen molar-refractivity contribution in [2.45, 2.75) is 51.6 Å². The van der Waals surface area contributed by atoms with Crippen LogP contribution in [0.15, 0.2) is 5.16 Å². The fourth-order valence-electron chi connectivity index (χ4n) is 2.01. The van der Waals surface area contributed by atoms with Gasteiger partial charge in [-0.2, -0.15) is 0 Å². The van der Waals surface area contributed by atoms with Gasteiger partial charge in [0.05, 0.1) is 11.8 Å². The second-order valence-corrected chi connectivity index (χ2v) is 3.80. The lowest BCUT2D eigenvalue weighted by Gasteiger charge is -2.28. The molecule has 0 amide bonds. The second kappa shape index (κ2) is 5.22. The van der Waals surface area contributed by atoms with Crippen molar-refractivity contribution in [1.82, 2.24) is 0 Å². The molecule has 0 aromatic rings. The van der Waals surface area contributed by atoms with Gasteiger partial charge in [-0.05, 0) is 25.7 Å². The minimum Gasteiger partial charge on any atom is -0.411 e. The molecule has 0 aliphatic heterocycles. The molecule has 2 atom stereocenters. The van der Waals surface area contributed by atoms with Crippen molar-refractivity contribution in [3.8, 4) is 0 Å². The summed E-state index contributed by atoms with van der Waals surface area (Å²) in [4.78, 5) is 0. The highest BCUT2D eigenvalue weighted by Crippen LogP contribution is 2.26. The Morgan fingerprint density at radius 2 is 2.31 bits per heavy atom. The van der Waals surface area contributed by atoms with Crippen molar-refractivity contribution in [2.75, 3.05) is 0 Å². The molecule has 3 nitrogen and oxygen atoms in total. The Morgan fingerprint density at radius 1 is 1.54 bits per heavy atom. The number of aliphatic hydroxyl groups is 1. The van der Waals surface area contributed by atoms with Crippen LogP contribution in [-0.4, -0.2) is 22.1 Å². The van der Waals surface area contributed by atoms with Crippen LogP contribution in [0.25, 0.3) is 0 Å². The van der Waals surface area contributed by atoms with E-state index in [9.17, 15) is 5.11 Å². The van der Waals surface area contributed by atoms with E-state index in [-0.39, 0.29) is 12.0 Å². The van der Waals surface area contributed by atoms with Crippen molar-refractivity contribution < 1.29 is 10.3 Å². The maximum absolute atomic E-state index is 9.71. The third-order valence-corrected chi connectivity index (χ3v) is 2.82. The van der Waals surface area contributed by atoms with Gasteiger partial charge in [-0.3, -0.25) is 0 Å². The van der Waals surface area contributed by atoms with Crippen molar-refractivity contribution >= 4 is 5.71 Å². The molecule has 13 heavy (non-hydrogen) atoms. The minimum absolute atomic E-state index is 0.110. The first-order valence-electron chi connectivity index (χ1n) is 5.18. The Hall–Kier alpha value is -0.570. The van der Waals surface area contributed by atoms with Gasteiger partial charge < -0.3 is 10.3 Å². The third kappa shape index (κ3) is 2.69. The van der Waals surface area contributed by atoms with Crippen LogP contribution in [0.2, 0.25) is 0 Å². The summed E-state index contributed by atoms with van der Waals surface area (Å²) in [5.74, 6) is 0.110. The number of nitrogens with zero attached hydrogens (tertiary/aromatic N) is 1. The second-order valence-electron chi connectivity index (χ2n) is 3.80. The summed E-state index contributed by atoms with van der Waals surface area (Å²) < 4.78 is 0. The van der Waals surface area contributed by atoms with Crippen LogP contribution >= 0.6 is 0 Å². The van der Waals surface area contributed by atoms with Crippen LogP contribution in [0, 0.1) is 5.92 Å². The summed E-state index contributed by atoms with van der Waals surface area (Å²) in [7, 11) is 0. The maximum atomic E-state index is 9.71. The van der Waals surface area contributed by atoms with Gasteiger partial charge in [-0.1, -0.05) is 24.9 Å². The van der Waals surface area contributed by atoms with Gasteiger partial charge in [-0.25, -0.2) is 0 Å². The van der Waals surface area contributed by atoms with Gasteiger partial charge in [0.1, 0.15) is 0 Å². The highest BCUT2D eigenvalue weighted by Gasteiger charge is 2.28. The van der Waals surface area contributed by atoms with Crippen molar-refractivity contribution in [2.24, 2.45) is 11.1 Å². The van der Waals surface area contributed by atoms with Crippen LogP contribution in [0.4, 0.5) is 0 Å². The van der Waals surface area contributed by atoms with E-state index >= 15 is 0 Å². The summed E-state index contributed by atoms with van der Waals surface area (Å²) in [5.41, 5.74) is 0.798. The van der Waals surface area contributed by atoms with Gasteiger partial charge >= 0.3 is 0 Å². The highest BCUT2D eigenvalue weighted by atomic mass is 16.4. The fourth-order valence-corrected chi connectivity index (χ4v) is 2.01. The number of hydrogen-bond donors (Lipinski definition) is 2. The zero-order valence-corrected chi connectivity index (χ0v) is 8.24. The van der Waals surface area contributed by atoms with Gasteiger partial charge in [0, 0.05) is 5.92 Å².